The summed E-state index contributed by atoms with van der Waals surface area (Å²) >= 11 is 0. The zero-order valence-electron chi connectivity index (χ0n) is 5.24. The van der Waals surface area contributed by atoms with Crippen LogP contribution in [0.5, 0.6) is 0 Å². The summed E-state index contributed by atoms with van der Waals surface area (Å²) in [7, 11) is 0. The van der Waals surface area contributed by atoms with Gasteiger partial charge < -0.3 is 21.3 Å². The Balaban J connectivity index is 3.57. The number of hydrogen-bond acceptors (Lipinski definition) is 3. The van der Waals surface area contributed by atoms with Gasteiger partial charge in [0.05, 0.1) is 0 Å². The summed E-state index contributed by atoms with van der Waals surface area (Å²) in [5.41, 5.74) is 5.05. The number of guanidine groups is 1. The third-order valence-corrected chi connectivity index (χ3v) is 0.645. The quantitative estimate of drug-likeness (QED) is 0.208. The van der Waals surface area contributed by atoms with Crippen molar-refractivity contribution in [3.8, 4) is 0 Å². The molecule has 0 aliphatic heterocycles. The minimum absolute atomic E-state index is 0.0788. The molecule has 0 saturated carbocycles. The lowest BCUT2D eigenvalue weighted by Crippen LogP contribution is -2.32. The standard InChI is InChI=1S/C4H9N3O3/c5-4(7-2-8)6-1-3(9)10/h8H,1-2H2,(H,9,10)(H3,5,6,7). The smallest absolute Gasteiger partial charge is 0.325 e. The fraction of sp³-hybridized carbons (Fsp3) is 0.500. The average Bonchev–Trinajstić information content (AvgIpc) is 1.85. The first-order valence-electron chi connectivity index (χ1n) is 2.53. The van der Waals surface area contributed by atoms with E-state index in [-0.39, 0.29) is 12.7 Å². The summed E-state index contributed by atoms with van der Waals surface area (Å²) in [4.78, 5) is 13.2. The Bertz CT molecular complexity index is 145. The first-order chi connectivity index (χ1) is 4.66. The van der Waals surface area contributed by atoms with Crippen molar-refractivity contribution in [2.45, 2.75) is 0 Å². The number of rotatable bonds is 3. The van der Waals surface area contributed by atoms with Gasteiger partial charge in [0.2, 0.25) is 0 Å². The topological polar surface area (TPSA) is 108 Å². The second-order valence-electron chi connectivity index (χ2n) is 1.43. The van der Waals surface area contributed by atoms with Crippen LogP contribution in [0.3, 0.4) is 0 Å². The number of aliphatic imine (C=N–C) groups is 1. The number of nitrogens with two attached hydrogens (primary N) is 1. The van der Waals surface area contributed by atoms with Gasteiger partial charge in [-0.25, -0.2) is 4.99 Å². The highest BCUT2D eigenvalue weighted by Crippen LogP contribution is 1.68. The largest absolute Gasteiger partial charge is 0.480 e. The van der Waals surface area contributed by atoms with Gasteiger partial charge in [0, 0.05) is 0 Å². The molecular formula is C4H9N3O3. The van der Waals surface area contributed by atoms with Crippen LogP contribution in [0.25, 0.3) is 0 Å². The SMILES string of the molecule is NC(=NCC(=O)O)NCO. The number of aliphatic hydroxyl groups excluding tert-OH is 1. The summed E-state index contributed by atoms with van der Waals surface area (Å²) < 4.78 is 0. The van der Waals surface area contributed by atoms with Crippen LogP contribution in [-0.4, -0.2) is 35.4 Å². The van der Waals surface area contributed by atoms with E-state index in [1.165, 1.54) is 0 Å². The van der Waals surface area contributed by atoms with Gasteiger partial charge >= 0.3 is 5.97 Å². The molecule has 0 aromatic heterocycles. The van der Waals surface area contributed by atoms with Gasteiger partial charge in [-0.05, 0) is 0 Å². The van der Waals surface area contributed by atoms with Crippen molar-refractivity contribution in [1.29, 1.82) is 0 Å². The highest BCUT2D eigenvalue weighted by atomic mass is 16.4. The van der Waals surface area contributed by atoms with Crippen LogP contribution in [0.2, 0.25) is 0 Å². The molecule has 6 nitrogen and oxygen atoms in total. The van der Waals surface area contributed by atoms with Crippen molar-refractivity contribution >= 4 is 11.9 Å². The second kappa shape index (κ2) is 4.57. The van der Waals surface area contributed by atoms with Crippen LogP contribution in [0.15, 0.2) is 4.99 Å². The number of nitrogens with zero attached hydrogens (tertiary/aromatic N) is 1. The Morgan fingerprint density at radius 3 is 2.70 bits per heavy atom. The van der Waals surface area contributed by atoms with Crippen LogP contribution in [-0.2, 0) is 4.79 Å². The second-order valence-corrected chi connectivity index (χ2v) is 1.43. The van der Waals surface area contributed by atoms with E-state index >= 15 is 0 Å². The lowest BCUT2D eigenvalue weighted by Gasteiger charge is -1.97. The van der Waals surface area contributed by atoms with Crippen molar-refractivity contribution in [2.75, 3.05) is 13.3 Å². The van der Waals surface area contributed by atoms with Crippen LogP contribution in [0.4, 0.5) is 0 Å². The van der Waals surface area contributed by atoms with E-state index in [4.69, 9.17) is 15.9 Å². The number of carboxylic acid groups (broad SMARTS) is 1. The van der Waals surface area contributed by atoms with E-state index < -0.39 is 12.5 Å². The van der Waals surface area contributed by atoms with E-state index in [0.717, 1.165) is 0 Å². The van der Waals surface area contributed by atoms with Crippen LogP contribution < -0.4 is 11.1 Å². The van der Waals surface area contributed by atoms with Crippen molar-refractivity contribution in [3.63, 3.8) is 0 Å². The molecule has 0 unspecified atom stereocenters. The third kappa shape index (κ3) is 4.85. The first-order valence-corrected chi connectivity index (χ1v) is 2.53. The molecule has 58 valence electrons. The Morgan fingerprint density at radius 1 is 1.70 bits per heavy atom. The number of aliphatic hydroxyl groups is 1. The molecule has 0 spiro atoms. The molecule has 10 heavy (non-hydrogen) atoms. The summed E-state index contributed by atoms with van der Waals surface area (Å²) in [6.07, 6.45) is 0. The van der Waals surface area contributed by atoms with Gasteiger partial charge in [-0.15, -0.1) is 0 Å². The number of carbonyl (C=O) groups is 1. The molecule has 0 aromatic rings. The predicted molar refractivity (Wildman–Crippen MR) is 34.3 cm³/mol. The van der Waals surface area contributed by atoms with E-state index in [1.54, 1.807) is 0 Å². The lowest BCUT2D eigenvalue weighted by molar-refractivity contribution is -0.135. The van der Waals surface area contributed by atoms with Crippen molar-refractivity contribution < 1.29 is 15.0 Å². The summed E-state index contributed by atoms with van der Waals surface area (Å²) in [5, 5.41) is 18.5. The molecule has 0 rings (SSSR count). The van der Waals surface area contributed by atoms with Gasteiger partial charge in [-0.2, -0.15) is 0 Å². The molecule has 0 heterocycles. The van der Waals surface area contributed by atoms with E-state index in [2.05, 4.69) is 10.3 Å². The monoisotopic (exact) mass is 147 g/mol. The fourth-order valence-electron chi connectivity index (χ4n) is 0.290. The summed E-state index contributed by atoms with van der Waals surface area (Å²) in [5.74, 6) is -1.15. The Kier molecular flexibility index (Phi) is 3.97. The van der Waals surface area contributed by atoms with Crippen molar-refractivity contribution in [1.82, 2.24) is 5.32 Å². The first kappa shape index (κ1) is 8.70. The molecule has 5 N–H and O–H groups in total. The van der Waals surface area contributed by atoms with Gasteiger partial charge in [0.15, 0.2) is 5.96 Å². The van der Waals surface area contributed by atoms with Crippen molar-refractivity contribution in [2.24, 2.45) is 10.7 Å². The summed E-state index contributed by atoms with van der Waals surface area (Å²) in [6, 6.07) is 0. The van der Waals surface area contributed by atoms with Crippen molar-refractivity contribution in [3.05, 3.63) is 0 Å². The highest BCUT2D eigenvalue weighted by Gasteiger charge is 1.93. The van der Waals surface area contributed by atoms with E-state index in [0.29, 0.717) is 0 Å². The summed E-state index contributed by atoms with van der Waals surface area (Å²) in [6.45, 7) is -0.742. The molecule has 6 heteroatoms. The molecule has 0 aliphatic carbocycles. The van der Waals surface area contributed by atoms with E-state index in [1.807, 2.05) is 0 Å². The molecule has 0 saturated heterocycles. The minimum atomic E-state index is -1.07. The zero-order valence-corrected chi connectivity index (χ0v) is 5.24. The number of nitrogens with one attached hydrogen (secondary N) is 1. The van der Waals surface area contributed by atoms with Crippen LogP contribution in [0.1, 0.15) is 0 Å². The normalized spacial score (nSPS) is 11.1. The maximum absolute atomic E-state index is 9.86. The maximum Gasteiger partial charge on any atom is 0.325 e. The zero-order chi connectivity index (χ0) is 7.98. The molecular weight excluding hydrogens is 138 g/mol. The van der Waals surface area contributed by atoms with E-state index in [9.17, 15) is 4.79 Å². The predicted octanol–water partition coefficient (Wildman–Crippen LogP) is -2.07. The van der Waals surface area contributed by atoms with Gasteiger partial charge in [0.1, 0.15) is 13.3 Å². The third-order valence-electron chi connectivity index (χ3n) is 0.645. The lowest BCUT2D eigenvalue weighted by atomic mass is 10.7. The molecule has 0 atom stereocenters. The van der Waals surface area contributed by atoms with Crippen LogP contribution in [0, 0.1) is 0 Å². The van der Waals surface area contributed by atoms with Gasteiger partial charge in [0.25, 0.3) is 0 Å². The number of carboxylic acids is 1. The average molecular weight is 147 g/mol. The molecule has 0 bridgehead atoms. The molecule has 0 aromatic carbocycles. The molecule has 0 amide bonds. The number of hydrogen-bond donors (Lipinski definition) is 4. The molecule has 0 radical (unpaired) electrons. The highest BCUT2D eigenvalue weighted by molar-refractivity contribution is 5.80. The van der Waals surface area contributed by atoms with Crippen LogP contribution >= 0.6 is 0 Å². The maximum atomic E-state index is 9.86. The van der Waals surface area contributed by atoms with Gasteiger partial charge in [-0.1, -0.05) is 0 Å². The minimum Gasteiger partial charge on any atom is -0.480 e. The fourth-order valence-corrected chi connectivity index (χ4v) is 0.290. The Labute approximate surface area is 57.4 Å². The molecule has 0 aliphatic rings. The Hall–Kier alpha value is -1.30. The Morgan fingerprint density at radius 2 is 2.30 bits per heavy atom. The molecule has 0 fully saturated rings. The van der Waals surface area contributed by atoms with Gasteiger partial charge in [-0.3, -0.25) is 4.79 Å². The number of aliphatic carboxylic acids is 1.